The van der Waals surface area contributed by atoms with Crippen LogP contribution in [0.2, 0.25) is 0 Å². The first kappa shape index (κ1) is 16.2. The number of phenols is 1. The minimum absolute atomic E-state index is 0.365. The summed E-state index contributed by atoms with van der Waals surface area (Å²) in [5.41, 5.74) is 3.09. The highest BCUT2D eigenvalue weighted by Gasteiger charge is 2.42. The van der Waals surface area contributed by atoms with E-state index in [4.69, 9.17) is 9.47 Å². The van der Waals surface area contributed by atoms with Crippen molar-refractivity contribution in [1.82, 2.24) is 0 Å². The predicted octanol–water partition coefficient (Wildman–Crippen LogP) is 5.53. The van der Waals surface area contributed by atoms with Crippen molar-refractivity contribution in [2.75, 3.05) is 6.61 Å². The lowest BCUT2D eigenvalue weighted by Gasteiger charge is -2.22. The first-order valence-corrected chi connectivity index (χ1v) is 9.23. The Hall–Kier alpha value is -2.23. The van der Waals surface area contributed by atoms with Crippen molar-refractivity contribution in [2.24, 2.45) is 0 Å². The molecule has 1 fully saturated rings. The van der Waals surface area contributed by atoms with Gasteiger partial charge < -0.3 is 14.6 Å². The van der Waals surface area contributed by atoms with E-state index in [-0.39, 0.29) is 0 Å². The zero-order valence-electron chi connectivity index (χ0n) is 14.8. The normalized spacial score (nSPS) is 20.7. The van der Waals surface area contributed by atoms with E-state index in [2.05, 4.69) is 6.92 Å². The van der Waals surface area contributed by atoms with Crippen LogP contribution in [-0.4, -0.2) is 17.9 Å². The van der Waals surface area contributed by atoms with Crippen LogP contribution >= 0.6 is 0 Å². The Morgan fingerprint density at radius 3 is 2.72 bits per heavy atom. The maximum absolute atomic E-state index is 12.2. The molecule has 4 rings (SSSR count). The van der Waals surface area contributed by atoms with Gasteiger partial charge in [-0.05, 0) is 50.5 Å². The first-order chi connectivity index (χ1) is 12.1. The van der Waals surface area contributed by atoms with Gasteiger partial charge in [-0.2, -0.15) is 0 Å². The molecular formula is C21H24O4. The third-order valence-electron chi connectivity index (χ3n) is 5.62. The zero-order valence-corrected chi connectivity index (χ0v) is 14.8. The van der Waals surface area contributed by atoms with Crippen molar-refractivity contribution >= 4 is 16.9 Å². The van der Waals surface area contributed by atoms with E-state index in [1.165, 1.54) is 0 Å². The van der Waals surface area contributed by atoms with Gasteiger partial charge in [0.1, 0.15) is 11.5 Å². The number of benzene rings is 2. The van der Waals surface area contributed by atoms with Crippen LogP contribution < -0.4 is 4.74 Å². The number of phenolic OH excluding ortho intramolecular Hbond substituents is 1. The SMILES string of the molecule is CCCCOC(=O)Oc1c2c(c(O)c3ccc(C)cc13)C1CCC2C1. The van der Waals surface area contributed by atoms with Crippen LogP contribution in [0.5, 0.6) is 11.5 Å². The van der Waals surface area contributed by atoms with Gasteiger partial charge in [0.2, 0.25) is 0 Å². The lowest BCUT2D eigenvalue weighted by Crippen LogP contribution is -2.14. The minimum Gasteiger partial charge on any atom is -0.507 e. The van der Waals surface area contributed by atoms with Gasteiger partial charge in [-0.3, -0.25) is 0 Å². The van der Waals surface area contributed by atoms with Crippen molar-refractivity contribution in [3.8, 4) is 11.5 Å². The van der Waals surface area contributed by atoms with Crippen LogP contribution in [0, 0.1) is 6.92 Å². The van der Waals surface area contributed by atoms with Crippen molar-refractivity contribution < 1.29 is 19.4 Å². The monoisotopic (exact) mass is 340 g/mol. The van der Waals surface area contributed by atoms with Crippen LogP contribution in [0.1, 0.15) is 67.6 Å². The Balaban J connectivity index is 1.81. The molecule has 1 saturated carbocycles. The Kier molecular flexibility index (Phi) is 4.06. The number of hydrogen-bond donors (Lipinski definition) is 1. The number of aryl methyl sites for hydroxylation is 1. The first-order valence-electron chi connectivity index (χ1n) is 9.23. The smallest absolute Gasteiger partial charge is 0.507 e. The molecule has 132 valence electrons. The van der Waals surface area contributed by atoms with Crippen LogP contribution in [0.25, 0.3) is 10.8 Å². The number of unbranched alkanes of at least 4 members (excludes halogenated alkanes) is 1. The lowest BCUT2D eigenvalue weighted by atomic mass is 9.87. The number of carbonyl (C=O) groups is 1. The summed E-state index contributed by atoms with van der Waals surface area (Å²) < 4.78 is 10.9. The number of hydrogen-bond acceptors (Lipinski definition) is 4. The molecule has 0 aliphatic heterocycles. The summed E-state index contributed by atoms with van der Waals surface area (Å²) in [7, 11) is 0. The van der Waals surface area contributed by atoms with Crippen LogP contribution in [0.4, 0.5) is 4.79 Å². The largest absolute Gasteiger partial charge is 0.513 e. The molecule has 1 N–H and O–H groups in total. The summed E-state index contributed by atoms with van der Waals surface area (Å²) in [6.45, 7) is 4.42. The molecule has 0 amide bonds. The van der Waals surface area contributed by atoms with Crippen molar-refractivity contribution in [2.45, 2.75) is 57.8 Å². The van der Waals surface area contributed by atoms with Gasteiger partial charge in [-0.25, -0.2) is 4.79 Å². The van der Waals surface area contributed by atoms with E-state index < -0.39 is 6.16 Å². The third kappa shape index (κ3) is 2.64. The zero-order chi connectivity index (χ0) is 17.6. The topological polar surface area (TPSA) is 55.8 Å². The molecule has 4 nitrogen and oxygen atoms in total. The lowest BCUT2D eigenvalue weighted by molar-refractivity contribution is 0.0978. The number of carbonyl (C=O) groups excluding carboxylic acids is 1. The van der Waals surface area contributed by atoms with Crippen LogP contribution in [0.3, 0.4) is 0 Å². The Morgan fingerprint density at radius 2 is 1.96 bits per heavy atom. The highest BCUT2D eigenvalue weighted by atomic mass is 16.7. The summed E-state index contributed by atoms with van der Waals surface area (Å²) >= 11 is 0. The molecule has 0 saturated heterocycles. The molecular weight excluding hydrogens is 316 g/mol. The molecule has 0 spiro atoms. The average molecular weight is 340 g/mol. The summed E-state index contributed by atoms with van der Waals surface area (Å²) in [6.07, 6.45) is 4.38. The van der Waals surface area contributed by atoms with Gasteiger partial charge in [0, 0.05) is 21.9 Å². The van der Waals surface area contributed by atoms with Crippen LogP contribution in [0.15, 0.2) is 18.2 Å². The fourth-order valence-corrected chi connectivity index (χ4v) is 4.44. The highest BCUT2D eigenvalue weighted by Crippen LogP contribution is 2.60. The second-order valence-electron chi connectivity index (χ2n) is 7.32. The van der Waals surface area contributed by atoms with Gasteiger partial charge in [-0.1, -0.05) is 31.0 Å². The third-order valence-corrected chi connectivity index (χ3v) is 5.62. The molecule has 2 atom stereocenters. The molecule has 0 aromatic heterocycles. The summed E-state index contributed by atoms with van der Waals surface area (Å²) in [5, 5.41) is 12.4. The summed E-state index contributed by atoms with van der Waals surface area (Å²) in [5.74, 6) is 1.71. The van der Waals surface area contributed by atoms with Gasteiger partial charge in [0.05, 0.1) is 6.61 Å². The molecule has 0 radical (unpaired) electrons. The number of rotatable bonds is 4. The second kappa shape index (κ2) is 6.25. The van der Waals surface area contributed by atoms with E-state index in [1.54, 1.807) is 0 Å². The highest BCUT2D eigenvalue weighted by molar-refractivity contribution is 5.98. The number of fused-ring (bicyclic) bond motifs is 6. The molecule has 2 aromatic carbocycles. The molecule has 2 aliphatic carbocycles. The summed E-state index contributed by atoms with van der Waals surface area (Å²) in [6, 6.07) is 5.88. The quantitative estimate of drug-likeness (QED) is 0.451. The summed E-state index contributed by atoms with van der Waals surface area (Å²) in [4.78, 5) is 12.2. The molecule has 2 bridgehead atoms. The maximum atomic E-state index is 12.2. The number of ether oxygens (including phenoxy) is 2. The van der Waals surface area contributed by atoms with Gasteiger partial charge >= 0.3 is 6.16 Å². The Morgan fingerprint density at radius 1 is 1.20 bits per heavy atom. The van der Waals surface area contributed by atoms with E-state index in [1.807, 2.05) is 25.1 Å². The fourth-order valence-electron chi connectivity index (χ4n) is 4.44. The maximum Gasteiger partial charge on any atom is 0.513 e. The Labute approximate surface area is 147 Å². The van der Waals surface area contributed by atoms with E-state index >= 15 is 0 Å². The molecule has 0 heterocycles. The van der Waals surface area contributed by atoms with Crippen molar-refractivity contribution in [3.05, 3.63) is 34.9 Å². The van der Waals surface area contributed by atoms with E-state index in [0.717, 1.165) is 59.6 Å². The standard InChI is InChI=1S/C21H24O4/c1-3-4-9-24-21(23)25-20-16-10-12(2)5-8-15(16)19(22)17-13-6-7-14(11-13)18(17)20/h5,8,10,13-14,22H,3-4,6-7,9,11H2,1-2H3. The molecule has 4 heteroatoms. The van der Waals surface area contributed by atoms with E-state index in [9.17, 15) is 9.90 Å². The van der Waals surface area contributed by atoms with Crippen LogP contribution in [-0.2, 0) is 4.74 Å². The van der Waals surface area contributed by atoms with Gasteiger partial charge in [-0.15, -0.1) is 0 Å². The van der Waals surface area contributed by atoms with Crippen molar-refractivity contribution in [1.29, 1.82) is 0 Å². The Bertz CT molecular complexity index is 840. The van der Waals surface area contributed by atoms with Gasteiger partial charge in [0.25, 0.3) is 0 Å². The van der Waals surface area contributed by atoms with E-state index in [0.29, 0.717) is 29.9 Å². The molecule has 2 aromatic rings. The van der Waals surface area contributed by atoms with Gasteiger partial charge in [0.15, 0.2) is 0 Å². The molecule has 2 unspecified atom stereocenters. The minimum atomic E-state index is -0.646. The fraction of sp³-hybridized carbons (Fsp3) is 0.476. The average Bonchev–Trinajstić information content (AvgIpc) is 3.20. The predicted molar refractivity (Wildman–Crippen MR) is 96.6 cm³/mol. The number of aromatic hydroxyl groups is 1. The molecule has 2 aliphatic rings. The van der Waals surface area contributed by atoms with Crippen molar-refractivity contribution in [3.63, 3.8) is 0 Å². The second-order valence-corrected chi connectivity index (χ2v) is 7.32. The molecule has 25 heavy (non-hydrogen) atoms.